The lowest BCUT2D eigenvalue weighted by Gasteiger charge is -2.11. The van der Waals surface area contributed by atoms with Crippen molar-refractivity contribution >= 4 is 5.82 Å². The SMILES string of the molecule is Cc1cc(NCc2ccc3c(c2)OCCCO3)nc(-c2cccnc2)n1. The molecule has 0 saturated heterocycles. The summed E-state index contributed by atoms with van der Waals surface area (Å²) in [5.74, 6) is 3.06. The summed E-state index contributed by atoms with van der Waals surface area (Å²) in [6, 6.07) is 11.8. The highest BCUT2D eigenvalue weighted by atomic mass is 16.5. The fraction of sp³-hybridized carbons (Fsp3) is 0.250. The molecule has 6 heteroatoms. The lowest BCUT2D eigenvalue weighted by Crippen LogP contribution is -2.04. The Labute approximate surface area is 152 Å². The van der Waals surface area contributed by atoms with E-state index in [1.165, 1.54) is 0 Å². The highest BCUT2D eigenvalue weighted by Crippen LogP contribution is 2.30. The van der Waals surface area contributed by atoms with E-state index in [1.807, 2.05) is 43.3 Å². The number of aryl methyl sites for hydroxylation is 1. The van der Waals surface area contributed by atoms with Gasteiger partial charge in [-0.15, -0.1) is 0 Å². The van der Waals surface area contributed by atoms with Gasteiger partial charge >= 0.3 is 0 Å². The third kappa shape index (κ3) is 3.74. The van der Waals surface area contributed by atoms with E-state index >= 15 is 0 Å². The zero-order chi connectivity index (χ0) is 17.8. The summed E-state index contributed by atoms with van der Waals surface area (Å²) < 4.78 is 11.4. The second-order valence-corrected chi connectivity index (χ2v) is 6.14. The number of anilines is 1. The fourth-order valence-corrected chi connectivity index (χ4v) is 2.79. The number of nitrogens with one attached hydrogen (secondary N) is 1. The number of pyridine rings is 1. The summed E-state index contributed by atoms with van der Waals surface area (Å²) in [7, 11) is 0. The van der Waals surface area contributed by atoms with Gasteiger partial charge in [-0.25, -0.2) is 9.97 Å². The standard InChI is InChI=1S/C20H20N4O2/c1-14-10-19(24-20(23-14)16-4-2-7-21-13-16)22-12-15-5-6-17-18(11-15)26-9-3-8-25-17/h2,4-7,10-11,13H,3,8-9,12H2,1H3,(H,22,23,24). The van der Waals surface area contributed by atoms with Crippen LogP contribution in [0.5, 0.6) is 11.5 Å². The van der Waals surface area contributed by atoms with Gasteiger partial charge in [-0.2, -0.15) is 0 Å². The van der Waals surface area contributed by atoms with Crippen molar-refractivity contribution in [1.29, 1.82) is 0 Å². The second-order valence-electron chi connectivity index (χ2n) is 6.14. The molecule has 0 saturated carbocycles. The minimum Gasteiger partial charge on any atom is -0.490 e. The maximum absolute atomic E-state index is 5.75. The molecule has 0 radical (unpaired) electrons. The van der Waals surface area contributed by atoms with Crippen molar-refractivity contribution in [1.82, 2.24) is 15.0 Å². The molecular formula is C20H20N4O2. The number of fused-ring (bicyclic) bond motifs is 1. The van der Waals surface area contributed by atoms with Crippen LogP contribution in [-0.4, -0.2) is 28.2 Å². The molecule has 1 N–H and O–H groups in total. The second kappa shape index (κ2) is 7.39. The number of hydrogen-bond donors (Lipinski definition) is 1. The molecule has 0 atom stereocenters. The molecule has 0 bridgehead atoms. The molecule has 26 heavy (non-hydrogen) atoms. The molecule has 0 aliphatic carbocycles. The van der Waals surface area contributed by atoms with Gasteiger partial charge in [0, 0.05) is 42.7 Å². The van der Waals surface area contributed by atoms with Gasteiger partial charge in [-0.1, -0.05) is 6.07 Å². The minimum absolute atomic E-state index is 0.638. The average molecular weight is 348 g/mol. The van der Waals surface area contributed by atoms with Crippen molar-refractivity contribution in [2.75, 3.05) is 18.5 Å². The van der Waals surface area contributed by atoms with Crippen molar-refractivity contribution in [3.8, 4) is 22.9 Å². The zero-order valence-corrected chi connectivity index (χ0v) is 14.6. The van der Waals surface area contributed by atoms with Crippen LogP contribution in [0.15, 0.2) is 48.8 Å². The monoisotopic (exact) mass is 348 g/mol. The summed E-state index contributed by atoms with van der Waals surface area (Å²) >= 11 is 0. The van der Waals surface area contributed by atoms with E-state index in [2.05, 4.69) is 20.3 Å². The van der Waals surface area contributed by atoms with Gasteiger partial charge in [0.15, 0.2) is 17.3 Å². The highest BCUT2D eigenvalue weighted by molar-refractivity contribution is 5.56. The Balaban J connectivity index is 1.51. The molecule has 3 aromatic rings. The third-order valence-corrected chi connectivity index (χ3v) is 4.06. The van der Waals surface area contributed by atoms with Crippen LogP contribution >= 0.6 is 0 Å². The van der Waals surface area contributed by atoms with Crippen molar-refractivity contribution in [3.05, 3.63) is 60.0 Å². The molecular weight excluding hydrogens is 328 g/mol. The van der Waals surface area contributed by atoms with E-state index < -0.39 is 0 Å². The van der Waals surface area contributed by atoms with Crippen LogP contribution < -0.4 is 14.8 Å². The Morgan fingerprint density at radius 1 is 1.04 bits per heavy atom. The van der Waals surface area contributed by atoms with Gasteiger partial charge in [-0.05, 0) is 36.8 Å². The topological polar surface area (TPSA) is 69.2 Å². The minimum atomic E-state index is 0.638. The number of rotatable bonds is 4. The zero-order valence-electron chi connectivity index (χ0n) is 14.6. The first-order valence-corrected chi connectivity index (χ1v) is 8.66. The molecule has 1 aromatic carbocycles. The Kier molecular flexibility index (Phi) is 4.64. The van der Waals surface area contributed by atoms with Gasteiger partial charge in [0.25, 0.3) is 0 Å². The van der Waals surface area contributed by atoms with Crippen LogP contribution in [0.2, 0.25) is 0 Å². The summed E-state index contributed by atoms with van der Waals surface area (Å²) in [5, 5.41) is 3.37. The Morgan fingerprint density at radius 2 is 1.92 bits per heavy atom. The van der Waals surface area contributed by atoms with E-state index in [0.717, 1.165) is 40.6 Å². The molecule has 6 nitrogen and oxygen atoms in total. The lowest BCUT2D eigenvalue weighted by atomic mass is 10.2. The largest absolute Gasteiger partial charge is 0.490 e. The van der Waals surface area contributed by atoms with Gasteiger partial charge < -0.3 is 14.8 Å². The number of ether oxygens (including phenoxy) is 2. The van der Waals surface area contributed by atoms with E-state index in [0.29, 0.717) is 25.6 Å². The van der Waals surface area contributed by atoms with Crippen LogP contribution in [0.3, 0.4) is 0 Å². The summed E-state index contributed by atoms with van der Waals surface area (Å²) in [5.41, 5.74) is 2.91. The van der Waals surface area contributed by atoms with Gasteiger partial charge in [0.2, 0.25) is 0 Å². The Bertz CT molecular complexity index is 900. The predicted molar refractivity (Wildman–Crippen MR) is 99.4 cm³/mol. The van der Waals surface area contributed by atoms with Gasteiger partial charge in [0.05, 0.1) is 13.2 Å². The predicted octanol–water partition coefficient (Wildman–Crippen LogP) is 3.62. The average Bonchev–Trinajstić information content (AvgIpc) is 2.91. The van der Waals surface area contributed by atoms with Crippen molar-refractivity contribution < 1.29 is 9.47 Å². The quantitative estimate of drug-likeness (QED) is 0.777. The summed E-state index contributed by atoms with van der Waals surface area (Å²) in [6.45, 7) is 3.98. The Hall–Kier alpha value is -3.15. The van der Waals surface area contributed by atoms with Crippen LogP contribution in [-0.2, 0) is 6.54 Å². The highest BCUT2D eigenvalue weighted by Gasteiger charge is 2.11. The maximum Gasteiger partial charge on any atom is 0.163 e. The van der Waals surface area contributed by atoms with E-state index in [9.17, 15) is 0 Å². The number of benzene rings is 1. The molecule has 0 fully saturated rings. The normalized spacial score (nSPS) is 13.1. The lowest BCUT2D eigenvalue weighted by molar-refractivity contribution is 0.297. The van der Waals surface area contributed by atoms with Crippen molar-refractivity contribution in [2.45, 2.75) is 19.9 Å². The smallest absolute Gasteiger partial charge is 0.163 e. The number of aromatic nitrogens is 3. The van der Waals surface area contributed by atoms with E-state index in [-0.39, 0.29) is 0 Å². The molecule has 1 aliphatic rings. The first-order valence-electron chi connectivity index (χ1n) is 8.66. The van der Waals surface area contributed by atoms with Gasteiger partial charge in [-0.3, -0.25) is 4.98 Å². The first-order chi connectivity index (χ1) is 12.8. The number of hydrogen-bond acceptors (Lipinski definition) is 6. The molecule has 2 aromatic heterocycles. The van der Waals surface area contributed by atoms with E-state index in [4.69, 9.17) is 9.47 Å². The molecule has 1 aliphatic heterocycles. The van der Waals surface area contributed by atoms with Crippen LogP contribution in [0.1, 0.15) is 17.7 Å². The summed E-state index contributed by atoms with van der Waals surface area (Å²) in [6.07, 6.45) is 4.41. The molecule has 4 rings (SSSR count). The van der Waals surface area contributed by atoms with Gasteiger partial charge in [0.1, 0.15) is 5.82 Å². The molecule has 132 valence electrons. The maximum atomic E-state index is 5.75. The molecule has 0 amide bonds. The van der Waals surface area contributed by atoms with Crippen LogP contribution in [0.4, 0.5) is 5.82 Å². The molecule has 0 spiro atoms. The Morgan fingerprint density at radius 3 is 2.77 bits per heavy atom. The molecule has 3 heterocycles. The van der Waals surface area contributed by atoms with Crippen molar-refractivity contribution in [3.63, 3.8) is 0 Å². The van der Waals surface area contributed by atoms with Crippen LogP contribution in [0.25, 0.3) is 11.4 Å². The van der Waals surface area contributed by atoms with Crippen LogP contribution in [0, 0.1) is 6.92 Å². The number of nitrogens with zero attached hydrogens (tertiary/aromatic N) is 3. The fourth-order valence-electron chi connectivity index (χ4n) is 2.79. The summed E-state index contributed by atoms with van der Waals surface area (Å²) in [4.78, 5) is 13.2. The van der Waals surface area contributed by atoms with Crippen molar-refractivity contribution in [2.24, 2.45) is 0 Å². The third-order valence-electron chi connectivity index (χ3n) is 4.06. The first kappa shape index (κ1) is 16.3. The molecule has 0 unspecified atom stereocenters. The van der Waals surface area contributed by atoms with E-state index in [1.54, 1.807) is 12.4 Å².